The van der Waals surface area contributed by atoms with Crippen molar-refractivity contribution in [1.82, 2.24) is 4.90 Å². The first kappa shape index (κ1) is 13.6. The molecular formula is C15H25NO2. The first-order valence-electron chi connectivity index (χ1n) is 7.35. The summed E-state index contributed by atoms with van der Waals surface area (Å²) in [5.74, 6) is 1.14. The maximum Gasteiger partial charge on any atom is 0.223 e. The predicted octanol–water partition coefficient (Wildman–Crippen LogP) is 2.93. The minimum Gasteiger partial charge on any atom is -0.331 e. The Morgan fingerprint density at radius 3 is 2.61 bits per heavy atom. The molecule has 0 aromatic carbocycles. The summed E-state index contributed by atoms with van der Waals surface area (Å²) in [5.41, 5.74) is -0.578. The molecule has 1 aliphatic heterocycles. The van der Waals surface area contributed by atoms with Crippen LogP contribution in [-0.2, 0) is 9.59 Å². The van der Waals surface area contributed by atoms with Crippen molar-refractivity contribution >= 4 is 11.7 Å². The Morgan fingerprint density at radius 1 is 1.28 bits per heavy atom. The van der Waals surface area contributed by atoms with E-state index in [-0.39, 0.29) is 11.7 Å². The van der Waals surface area contributed by atoms with Gasteiger partial charge in [0.2, 0.25) is 5.91 Å². The second-order valence-corrected chi connectivity index (χ2v) is 6.32. The Bertz CT molecular complexity index is 329. The van der Waals surface area contributed by atoms with Gasteiger partial charge in [-0.25, -0.2) is 0 Å². The third kappa shape index (κ3) is 2.76. The van der Waals surface area contributed by atoms with E-state index in [1.807, 2.05) is 18.7 Å². The molecule has 1 aliphatic carbocycles. The fourth-order valence-electron chi connectivity index (χ4n) is 3.33. The predicted molar refractivity (Wildman–Crippen MR) is 71.2 cm³/mol. The van der Waals surface area contributed by atoms with E-state index < -0.39 is 5.54 Å². The number of nitrogens with zero attached hydrogens (tertiary/aromatic N) is 1. The van der Waals surface area contributed by atoms with E-state index in [4.69, 9.17) is 0 Å². The van der Waals surface area contributed by atoms with Crippen LogP contribution in [-0.4, -0.2) is 28.7 Å². The molecule has 0 aromatic rings. The van der Waals surface area contributed by atoms with Gasteiger partial charge in [0, 0.05) is 19.4 Å². The van der Waals surface area contributed by atoms with Gasteiger partial charge in [-0.2, -0.15) is 0 Å². The van der Waals surface area contributed by atoms with Gasteiger partial charge in [-0.3, -0.25) is 9.59 Å². The van der Waals surface area contributed by atoms with Crippen molar-refractivity contribution in [2.75, 3.05) is 6.54 Å². The van der Waals surface area contributed by atoms with Crippen LogP contribution in [0.15, 0.2) is 0 Å². The lowest BCUT2D eigenvalue weighted by atomic mass is 9.88. The molecule has 1 saturated carbocycles. The summed E-state index contributed by atoms with van der Waals surface area (Å²) < 4.78 is 0. The van der Waals surface area contributed by atoms with Crippen LogP contribution in [0, 0.1) is 5.92 Å². The number of rotatable bonds is 3. The van der Waals surface area contributed by atoms with Crippen molar-refractivity contribution in [3.63, 3.8) is 0 Å². The second-order valence-electron chi connectivity index (χ2n) is 6.32. The molecule has 0 aromatic heterocycles. The Morgan fingerprint density at radius 2 is 1.94 bits per heavy atom. The average Bonchev–Trinajstić information content (AvgIpc) is 2.82. The van der Waals surface area contributed by atoms with Crippen molar-refractivity contribution < 1.29 is 9.59 Å². The largest absolute Gasteiger partial charge is 0.331 e. The van der Waals surface area contributed by atoms with Gasteiger partial charge in [0.15, 0.2) is 5.78 Å². The highest BCUT2D eigenvalue weighted by Crippen LogP contribution is 2.30. The molecule has 0 atom stereocenters. The summed E-state index contributed by atoms with van der Waals surface area (Å²) in [7, 11) is 0. The highest BCUT2D eigenvalue weighted by atomic mass is 16.2. The van der Waals surface area contributed by atoms with Gasteiger partial charge in [-0.15, -0.1) is 0 Å². The zero-order valence-corrected chi connectivity index (χ0v) is 11.7. The fourth-order valence-corrected chi connectivity index (χ4v) is 3.33. The summed E-state index contributed by atoms with van der Waals surface area (Å²) in [6, 6.07) is 0. The molecule has 0 unspecified atom stereocenters. The quantitative estimate of drug-likeness (QED) is 0.773. The number of hydrogen-bond donors (Lipinski definition) is 0. The van der Waals surface area contributed by atoms with Crippen LogP contribution in [0.2, 0.25) is 0 Å². The monoisotopic (exact) mass is 251 g/mol. The second kappa shape index (κ2) is 5.41. The summed E-state index contributed by atoms with van der Waals surface area (Å²) in [6.45, 7) is 4.53. The number of hydrogen-bond acceptors (Lipinski definition) is 2. The highest BCUT2D eigenvalue weighted by Gasteiger charge is 2.39. The molecule has 0 bridgehead atoms. The summed E-state index contributed by atoms with van der Waals surface area (Å²) in [4.78, 5) is 26.0. The normalized spacial score (nSPS) is 24.6. The lowest BCUT2D eigenvalue weighted by Gasteiger charge is -2.41. The summed E-state index contributed by atoms with van der Waals surface area (Å²) >= 11 is 0. The van der Waals surface area contributed by atoms with Gasteiger partial charge < -0.3 is 4.90 Å². The molecule has 1 saturated heterocycles. The van der Waals surface area contributed by atoms with E-state index >= 15 is 0 Å². The SMILES string of the molecule is CC1(C)C(=O)CCCN1C(=O)CCC1CCCC1. The zero-order chi connectivity index (χ0) is 13.2. The number of carbonyl (C=O) groups excluding carboxylic acids is 2. The van der Waals surface area contributed by atoms with Crippen LogP contribution in [0.4, 0.5) is 0 Å². The third-order valence-electron chi connectivity index (χ3n) is 4.68. The summed E-state index contributed by atoms with van der Waals surface area (Å²) in [5, 5.41) is 0. The maximum atomic E-state index is 12.3. The van der Waals surface area contributed by atoms with Gasteiger partial charge in [0.1, 0.15) is 0 Å². The van der Waals surface area contributed by atoms with Gasteiger partial charge in [-0.1, -0.05) is 25.7 Å². The molecule has 0 spiro atoms. The number of carbonyl (C=O) groups is 2. The van der Waals surface area contributed by atoms with Crippen molar-refractivity contribution in [3.8, 4) is 0 Å². The molecule has 1 amide bonds. The van der Waals surface area contributed by atoms with Crippen molar-refractivity contribution in [2.45, 2.75) is 70.8 Å². The van der Waals surface area contributed by atoms with Crippen molar-refractivity contribution in [1.29, 1.82) is 0 Å². The van der Waals surface area contributed by atoms with Gasteiger partial charge >= 0.3 is 0 Å². The van der Waals surface area contributed by atoms with Gasteiger partial charge in [0.05, 0.1) is 5.54 Å². The van der Waals surface area contributed by atoms with Crippen LogP contribution in [0.3, 0.4) is 0 Å². The van der Waals surface area contributed by atoms with E-state index in [2.05, 4.69) is 0 Å². The molecule has 102 valence electrons. The molecule has 18 heavy (non-hydrogen) atoms. The van der Waals surface area contributed by atoms with E-state index in [9.17, 15) is 9.59 Å². The molecule has 2 rings (SSSR count). The third-order valence-corrected chi connectivity index (χ3v) is 4.68. The number of Topliss-reactive ketones (excluding diaryl/α,β-unsaturated/α-hetero) is 1. The topological polar surface area (TPSA) is 37.4 Å². The van der Waals surface area contributed by atoms with Gasteiger partial charge in [-0.05, 0) is 32.6 Å². The first-order chi connectivity index (χ1) is 8.51. The molecule has 0 N–H and O–H groups in total. The van der Waals surface area contributed by atoms with E-state index in [1.54, 1.807) is 0 Å². The van der Waals surface area contributed by atoms with Crippen LogP contribution >= 0.6 is 0 Å². The maximum absolute atomic E-state index is 12.3. The average molecular weight is 251 g/mol. The van der Waals surface area contributed by atoms with Crippen molar-refractivity contribution in [2.24, 2.45) is 5.92 Å². The Kier molecular flexibility index (Phi) is 4.08. The summed E-state index contributed by atoms with van der Waals surface area (Å²) in [6.07, 6.45) is 8.32. The number of amides is 1. The molecule has 1 heterocycles. The lowest BCUT2D eigenvalue weighted by molar-refractivity contribution is -0.148. The highest BCUT2D eigenvalue weighted by molar-refractivity contribution is 5.93. The molecule has 0 radical (unpaired) electrons. The fraction of sp³-hybridized carbons (Fsp3) is 0.867. The smallest absolute Gasteiger partial charge is 0.223 e. The Labute approximate surface area is 110 Å². The van der Waals surface area contributed by atoms with Gasteiger partial charge in [0.25, 0.3) is 0 Å². The van der Waals surface area contributed by atoms with Crippen LogP contribution in [0.1, 0.15) is 65.2 Å². The van der Waals surface area contributed by atoms with E-state index in [0.29, 0.717) is 12.8 Å². The minimum absolute atomic E-state index is 0.181. The first-order valence-corrected chi connectivity index (χ1v) is 7.35. The number of ketones is 1. The Hall–Kier alpha value is -0.860. The Balaban J connectivity index is 1.89. The number of likely N-dealkylation sites (tertiary alicyclic amines) is 1. The molecule has 3 nitrogen and oxygen atoms in total. The van der Waals surface area contributed by atoms with Crippen molar-refractivity contribution in [3.05, 3.63) is 0 Å². The molecular weight excluding hydrogens is 226 g/mol. The minimum atomic E-state index is -0.578. The molecule has 3 heteroatoms. The number of piperidine rings is 1. The standard InChI is InChI=1S/C15H25NO2/c1-15(2)13(17)8-5-11-16(15)14(18)10-9-12-6-3-4-7-12/h12H,3-11H2,1-2H3. The molecule has 2 fully saturated rings. The molecule has 2 aliphatic rings. The van der Waals surface area contributed by atoms with E-state index in [0.717, 1.165) is 25.3 Å². The zero-order valence-electron chi connectivity index (χ0n) is 11.7. The van der Waals surface area contributed by atoms with Crippen LogP contribution < -0.4 is 0 Å². The van der Waals surface area contributed by atoms with E-state index in [1.165, 1.54) is 25.7 Å². The van der Waals surface area contributed by atoms with Crippen LogP contribution in [0.5, 0.6) is 0 Å². The lowest BCUT2D eigenvalue weighted by Crippen LogP contribution is -2.56. The van der Waals surface area contributed by atoms with Crippen LogP contribution in [0.25, 0.3) is 0 Å².